The number of hydrogen-bond donors (Lipinski definition) is 3. The molecule has 0 atom stereocenters. The summed E-state index contributed by atoms with van der Waals surface area (Å²) >= 11 is 0. The molecule has 3 N–H and O–H groups in total. The van der Waals surface area contributed by atoms with Gasteiger partial charge in [0.2, 0.25) is 0 Å². The van der Waals surface area contributed by atoms with Gasteiger partial charge in [-0.3, -0.25) is 9.59 Å². The molecule has 1 aromatic heterocycles. The Morgan fingerprint density at radius 2 is 1.81 bits per heavy atom. The Morgan fingerprint density at radius 3 is 2.42 bits per heavy atom. The van der Waals surface area contributed by atoms with Gasteiger partial charge in [-0.15, -0.1) is 0 Å². The highest BCUT2D eigenvalue weighted by atomic mass is 16.4. The quantitative estimate of drug-likeness (QED) is 0.728. The average molecular weight is 354 g/mol. The highest BCUT2D eigenvalue weighted by Gasteiger charge is 2.22. The first-order valence-electron chi connectivity index (χ1n) is 8.19. The topological polar surface area (TPSA) is 121 Å². The van der Waals surface area contributed by atoms with Crippen LogP contribution < -0.4 is 10.6 Å². The molecule has 0 radical (unpaired) electrons. The van der Waals surface area contributed by atoms with Gasteiger partial charge in [-0.25, -0.2) is 14.8 Å². The van der Waals surface area contributed by atoms with Crippen LogP contribution >= 0.6 is 0 Å². The number of carbonyl (C=O) groups excluding carboxylic acids is 2. The molecule has 8 heteroatoms. The number of rotatable bonds is 6. The Morgan fingerprint density at radius 1 is 1.12 bits per heavy atom. The molecule has 0 spiro atoms. The summed E-state index contributed by atoms with van der Waals surface area (Å²) in [6.07, 6.45) is 4.42. The summed E-state index contributed by atoms with van der Waals surface area (Å²) in [4.78, 5) is 42.7. The van der Waals surface area contributed by atoms with E-state index in [9.17, 15) is 14.4 Å². The van der Waals surface area contributed by atoms with Crippen molar-refractivity contribution < 1.29 is 19.5 Å². The van der Waals surface area contributed by atoms with Crippen LogP contribution in [0.5, 0.6) is 0 Å². The first-order chi connectivity index (χ1) is 12.4. The van der Waals surface area contributed by atoms with Crippen LogP contribution in [0.1, 0.15) is 49.7 Å². The molecule has 26 heavy (non-hydrogen) atoms. The Hall–Kier alpha value is -3.29. The van der Waals surface area contributed by atoms with Crippen molar-refractivity contribution in [2.75, 3.05) is 11.9 Å². The minimum absolute atomic E-state index is 0.0158. The molecule has 1 aliphatic carbocycles. The molecule has 0 bridgehead atoms. The summed E-state index contributed by atoms with van der Waals surface area (Å²) in [7, 11) is 0. The highest BCUT2D eigenvalue weighted by Crippen LogP contribution is 2.27. The van der Waals surface area contributed by atoms with Crippen LogP contribution in [0.15, 0.2) is 30.6 Å². The monoisotopic (exact) mass is 354 g/mol. The van der Waals surface area contributed by atoms with Crippen molar-refractivity contribution in [3.63, 3.8) is 0 Å². The summed E-state index contributed by atoms with van der Waals surface area (Å²) in [6.45, 7) is 2.47. The van der Waals surface area contributed by atoms with E-state index in [-0.39, 0.29) is 17.3 Å². The van der Waals surface area contributed by atoms with Gasteiger partial charge in [0.15, 0.2) is 5.69 Å². The van der Waals surface area contributed by atoms with E-state index in [2.05, 4.69) is 20.6 Å². The second kappa shape index (κ2) is 7.30. The van der Waals surface area contributed by atoms with Gasteiger partial charge in [0.1, 0.15) is 5.69 Å². The SMILES string of the molecule is Cc1ccc(C(=O)NCC2CC2)cc1NC(=O)c1cnc(C(=O)O)cn1. The van der Waals surface area contributed by atoms with E-state index in [1.165, 1.54) is 0 Å². The van der Waals surface area contributed by atoms with Gasteiger partial charge in [0, 0.05) is 17.8 Å². The average Bonchev–Trinajstić information content (AvgIpc) is 3.46. The molecule has 2 amide bonds. The maximum Gasteiger partial charge on any atom is 0.356 e. The minimum Gasteiger partial charge on any atom is -0.476 e. The molecule has 1 aromatic carbocycles. The molecular weight excluding hydrogens is 336 g/mol. The lowest BCUT2D eigenvalue weighted by Crippen LogP contribution is -2.25. The second-order valence-electron chi connectivity index (χ2n) is 6.23. The van der Waals surface area contributed by atoms with Crippen molar-refractivity contribution in [2.45, 2.75) is 19.8 Å². The zero-order valence-electron chi connectivity index (χ0n) is 14.2. The van der Waals surface area contributed by atoms with Gasteiger partial charge in [0.25, 0.3) is 11.8 Å². The number of carboxylic acid groups (broad SMARTS) is 1. The van der Waals surface area contributed by atoms with Gasteiger partial charge >= 0.3 is 5.97 Å². The Labute approximate surface area is 149 Å². The third-order valence-corrected chi connectivity index (χ3v) is 4.10. The molecule has 0 aliphatic heterocycles. The molecule has 0 saturated heterocycles. The molecule has 8 nitrogen and oxygen atoms in total. The fourth-order valence-corrected chi connectivity index (χ4v) is 2.30. The zero-order valence-corrected chi connectivity index (χ0v) is 14.2. The van der Waals surface area contributed by atoms with Crippen LogP contribution in [0, 0.1) is 12.8 Å². The number of carboxylic acids is 1. The summed E-state index contributed by atoms with van der Waals surface area (Å²) in [6, 6.07) is 5.06. The minimum atomic E-state index is -1.22. The molecule has 1 heterocycles. The number of anilines is 1. The number of nitrogens with zero attached hydrogens (tertiary/aromatic N) is 2. The van der Waals surface area contributed by atoms with E-state index >= 15 is 0 Å². The molecule has 2 aromatic rings. The predicted molar refractivity (Wildman–Crippen MR) is 93.2 cm³/mol. The zero-order chi connectivity index (χ0) is 18.7. The van der Waals surface area contributed by atoms with Crippen molar-refractivity contribution in [1.82, 2.24) is 15.3 Å². The van der Waals surface area contributed by atoms with E-state index < -0.39 is 11.9 Å². The van der Waals surface area contributed by atoms with Gasteiger partial charge in [-0.2, -0.15) is 0 Å². The predicted octanol–water partition coefficient (Wildman–Crippen LogP) is 1.88. The fourth-order valence-electron chi connectivity index (χ4n) is 2.30. The number of aryl methyl sites for hydroxylation is 1. The Balaban J connectivity index is 1.71. The van der Waals surface area contributed by atoms with Crippen molar-refractivity contribution in [2.24, 2.45) is 5.92 Å². The van der Waals surface area contributed by atoms with Crippen molar-refractivity contribution >= 4 is 23.5 Å². The molecule has 1 saturated carbocycles. The summed E-state index contributed by atoms with van der Waals surface area (Å²) in [5, 5.41) is 14.4. The molecule has 1 fully saturated rings. The lowest BCUT2D eigenvalue weighted by molar-refractivity contribution is 0.0689. The largest absolute Gasteiger partial charge is 0.476 e. The lowest BCUT2D eigenvalue weighted by atomic mass is 10.1. The van der Waals surface area contributed by atoms with Crippen LogP contribution in [0.25, 0.3) is 0 Å². The lowest BCUT2D eigenvalue weighted by Gasteiger charge is -2.11. The Bertz CT molecular complexity index is 860. The van der Waals surface area contributed by atoms with Crippen molar-refractivity contribution in [3.05, 3.63) is 53.1 Å². The first-order valence-corrected chi connectivity index (χ1v) is 8.19. The third-order valence-electron chi connectivity index (χ3n) is 4.10. The van der Waals surface area contributed by atoms with Crippen molar-refractivity contribution in [1.29, 1.82) is 0 Å². The summed E-state index contributed by atoms with van der Waals surface area (Å²) in [5.41, 5.74) is 1.47. The third kappa shape index (κ3) is 4.21. The van der Waals surface area contributed by atoms with Gasteiger partial charge in [0.05, 0.1) is 12.4 Å². The number of benzene rings is 1. The maximum absolute atomic E-state index is 12.3. The smallest absolute Gasteiger partial charge is 0.356 e. The fraction of sp³-hybridized carbons (Fsp3) is 0.278. The maximum atomic E-state index is 12.3. The van der Waals surface area contributed by atoms with Crippen LogP contribution in [-0.4, -0.2) is 39.4 Å². The number of nitrogens with one attached hydrogen (secondary N) is 2. The number of carbonyl (C=O) groups is 3. The first kappa shape index (κ1) is 17.5. The van der Waals surface area contributed by atoms with Crippen molar-refractivity contribution in [3.8, 4) is 0 Å². The van der Waals surface area contributed by atoms with Crippen LogP contribution in [0.4, 0.5) is 5.69 Å². The highest BCUT2D eigenvalue weighted by molar-refractivity contribution is 6.04. The second-order valence-corrected chi connectivity index (χ2v) is 6.23. The molecule has 134 valence electrons. The number of aromatic nitrogens is 2. The van der Waals surface area contributed by atoms with E-state index in [0.717, 1.165) is 30.8 Å². The normalized spacial score (nSPS) is 13.1. The molecule has 1 aliphatic rings. The number of hydrogen-bond acceptors (Lipinski definition) is 5. The number of aromatic carboxylic acids is 1. The molecule has 0 unspecified atom stereocenters. The van der Waals surface area contributed by atoms with Crippen LogP contribution in [0.2, 0.25) is 0 Å². The van der Waals surface area contributed by atoms with Gasteiger partial charge in [-0.1, -0.05) is 6.07 Å². The van der Waals surface area contributed by atoms with Gasteiger partial charge < -0.3 is 15.7 Å². The van der Waals surface area contributed by atoms with Crippen LogP contribution in [0.3, 0.4) is 0 Å². The Kier molecular flexibility index (Phi) is 4.92. The van der Waals surface area contributed by atoms with Crippen LogP contribution in [-0.2, 0) is 0 Å². The standard InChI is InChI=1S/C18H18N4O4/c1-10-2-5-12(16(23)21-7-11-3-4-11)6-13(10)22-17(24)14-8-20-15(9-19-14)18(25)26/h2,5-6,8-9,11H,3-4,7H2,1H3,(H,21,23)(H,22,24)(H,25,26). The van der Waals surface area contributed by atoms with Gasteiger partial charge in [-0.05, 0) is 43.4 Å². The summed E-state index contributed by atoms with van der Waals surface area (Å²) < 4.78 is 0. The van der Waals surface area contributed by atoms with E-state index in [4.69, 9.17) is 5.11 Å². The molecular formula is C18H18N4O4. The number of amides is 2. The summed E-state index contributed by atoms with van der Waals surface area (Å²) in [5.74, 6) is -1.35. The van der Waals surface area contributed by atoms with E-state index in [0.29, 0.717) is 23.7 Å². The van der Waals surface area contributed by atoms with E-state index in [1.54, 1.807) is 25.1 Å². The molecule has 3 rings (SSSR count). The van der Waals surface area contributed by atoms with E-state index in [1.807, 2.05) is 0 Å².